The molecule has 19 heavy (non-hydrogen) atoms. The lowest BCUT2D eigenvalue weighted by Crippen LogP contribution is -2.41. The molecule has 0 atom stereocenters. The molecule has 1 saturated heterocycles. The minimum absolute atomic E-state index is 0.0833. The molecule has 1 amide bonds. The SMILES string of the molecule is CNC(=O)CN1CCC(n2ccc(COC)n2)CC1. The van der Waals surface area contributed by atoms with Gasteiger partial charge in [-0.3, -0.25) is 14.4 Å². The van der Waals surface area contributed by atoms with Crippen LogP contribution >= 0.6 is 0 Å². The van der Waals surface area contributed by atoms with Crippen LogP contribution in [0.25, 0.3) is 0 Å². The zero-order valence-corrected chi connectivity index (χ0v) is 11.6. The van der Waals surface area contributed by atoms with Gasteiger partial charge in [-0.15, -0.1) is 0 Å². The quantitative estimate of drug-likeness (QED) is 0.839. The van der Waals surface area contributed by atoms with Gasteiger partial charge in [0.05, 0.1) is 24.9 Å². The Balaban J connectivity index is 1.83. The number of nitrogens with one attached hydrogen (secondary N) is 1. The van der Waals surface area contributed by atoms with Crippen molar-refractivity contribution in [3.8, 4) is 0 Å². The van der Waals surface area contributed by atoms with Crippen LogP contribution in [0.1, 0.15) is 24.6 Å². The summed E-state index contributed by atoms with van der Waals surface area (Å²) in [6.07, 6.45) is 4.09. The Morgan fingerprint density at radius 1 is 1.53 bits per heavy atom. The van der Waals surface area contributed by atoms with Crippen molar-refractivity contribution in [1.82, 2.24) is 20.0 Å². The predicted molar refractivity (Wildman–Crippen MR) is 71.7 cm³/mol. The molecule has 6 heteroatoms. The number of likely N-dealkylation sites (tertiary alicyclic amines) is 1. The first kappa shape index (κ1) is 14.0. The number of carbonyl (C=O) groups is 1. The van der Waals surface area contributed by atoms with Crippen molar-refractivity contribution in [2.24, 2.45) is 0 Å². The number of rotatable bonds is 5. The minimum Gasteiger partial charge on any atom is -0.378 e. The summed E-state index contributed by atoms with van der Waals surface area (Å²) < 4.78 is 7.11. The average molecular weight is 266 g/mol. The molecular weight excluding hydrogens is 244 g/mol. The molecule has 1 aromatic heterocycles. The van der Waals surface area contributed by atoms with Crippen LogP contribution in [-0.2, 0) is 16.1 Å². The average Bonchev–Trinajstić information content (AvgIpc) is 2.88. The molecule has 0 saturated carbocycles. The first-order valence-electron chi connectivity index (χ1n) is 6.69. The van der Waals surface area contributed by atoms with Crippen molar-refractivity contribution < 1.29 is 9.53 Å². The summed E-state index contributed by atoms with van der Waals surface area (Å²) in [6.45, 7) is 2.94. The van der Waals surface area contributed by atoms with Gasteiger partial charge in [0.25, 0.3) is 0 Å². The van der Waals surface area contributed by atoms with E-state index in [0.717, 1.165) is 31.6 Å². The summed E-state index contributed by atoms with van der Waals surface area (Å²) in [5.74, 6) is 0.0833. The van der Waals surface area contributed by atoms with Crippen LogP contribution in [0.2, 0.25) is 0 Å². The topological polar surface area (TPSA) is 59.4 Å². The molecule has 1 aliphatic heterocycles. The van der Waals surface area contributed by atoms with Crippen LogP contribution in [-0.4, -0.2) is 54.4 Å². The first-order chi connectivity index (χ1) is 9.22. The predicted octanol–water partition coefficient (Wildman–Crippen LogP) is 0.412. The molecule has 0 aliphatic carbocycles. The zero-order chi connectivity index (χ0) is 13.7. The maximum Gasteiger partial charge on any atom is 0.233 e. The lowest BCUT2D eigenvalue weighted by atomic mass is 10.1. The lowest BCUT2D eigenvalue weighted by Gasteiger charge is -2.31. The fraction of sp³-hybridized carbons (Fsp3) is 0.692. The monoisotopic (exact) mass is 266 g/mol. The van der Waals surface area contributed by atoms with Gasteiger partial charge in [0.1, 0.15) is 0 Å². The Labute approximate surface area is 113 Å². The van der Waals surface area contributed by atoms with Crippen LogP contribution in [0, 0.1) is 0 Å². The smallest absolute Gasteiger partial charge is 0.233 e. The van der Waals surface area contributed by atoms with Gasteiger partial charge >= 0.3 is 0 Å². The lowest BCUT2D eigenvalue weighted by molar-refractivity contribution is -0.122. The molecule has 0 radical (unpaired) electrons. The summed E-state index contributed by atoms with van der Waals surface area (Å²) in [4.78, 5) is 13.5. The third-order valence-electron chi connectivity index (χ3n) is 3.53. The van der Waals surface area contributed by atoms with Crippen molar-refractivity contribution in [2.75, 3.05) is 33.8 Å². The molecule has 1 fully saturated rings. The summed E-state index contributed by atoms with van der Waals surface area (Å²) >= 11 is 0. The Hall–Kier alpha value is -1.40. The fourth-order valence-corrected chi connectivity index (χ4v) is 2.43. The van der Waals surface area contributed by atoms with Crippen LogP contribution in [0.4, 0.5) is 0 Å². The number of ether oxygens (including phenoxy) is 1. The van der Waals surface area contributed by atoms with E-state index in [4.69, 9.17) is 4.74 Å². The number of hydrogen-bond acceptors (Lipinski definition) is 4. The summed E-state index contributed by atoms with van der Waals surface area (Å²) in [5, 5.41) is 7.18. The minimum atomic E-state index is 0.0833. The number of hydrogen-bond donors (Lipinski definition) is 1. The van der Waals surface area contributed by atoms with Gasteiger partial charge in [-0.05, 0) is 18.9 Å². The highest BCUT2D eigenvalue weighted by atomic mass is 16.5. The zero-order valence-electron chi connectivity index (χ0n) is 11.6. The van der Waals surface area contributed by atoms with E-state index in [1.165, 1.54) is 0 Å². The van der Waals surface area contributed by atoms with E-state index in [1.54, 1.807) is 14.2 Å². The Kier molecular flexibility index (Phi) is 4.93. The Morgan fingerprint density at radius 2 is 2.26 bits per heavy atom. The van der Waals surface area contributed by atoms with E-state index < -0.39 is 0 Å². The number of methoxy groups -OCH3 is 1. The molecule has 1 aliphatic rings. The summed E-state index contributed by atoms with van der Waals surface area (Å²) in [7, 11) is 3.35. The van der Waals surface area contributed by atoms with Gasteiger partial charge in [-0.25, -0.2) is 0 Å². The number of aromatic nitrogens is 2. The van der Waals surface area contributed by atoms with Gasteiger partial charge < -0.3 is 10.1 Å². The maximum absolute atomic E-state index is 11.3. The van der Waals surface area contributed by atoms with Gasteiger partial charge in [-0.1, -0.05) is 0 Å². The van der Waals surface area contributed by atoms with Crippen LogP contribution in [0.5, 0.6) is 0 Å². The molecule has 1 N–H and O–H groups in total. The highest BCUT2D eigenvalue weighted by molar-refractivity contribution is 5.77. The van der Waals surface area contributed by atoms with Crippen molar-refractivity contribution in [2.45, 2.75) is 25.5 Å². The van der Waals surface area contributed by atoms with E-state index in [9.17, 15) is 4.79 Å². The summed E-state index contributed by atoms with van der Waals surface area (Å²) in [5.41, 5.74) is 0.968. The van der Waals surface area contributed by atoms with E-state index in [0.29, 0.717) is 19.2 Å². The maximum atomic E-state index is 11.3. The van der Waals surface area contributed by atoms with Crippen LogP contribution in [0.15, 0.2) is 12.3 Å². The van der Waals surface area contributed by atoms with Gasteiger partial charge in [0, 0.05) is 33.4 Å². The Bertz CT molecular complexity index is 411. The third-order valence-corrected chi connectivity index (χ3v) is 3.53. The van der Waals surface area contributed by atoms with E-state index in [1.807, 2.05) is 16.9 Å². The van der Waals surface area contributed by atoms with E-state index in [-0.39, 0.29) is 5.91 Å². The number of likely N-dealkylation sites (N-methyl/N-ethyl adjacent to an activating group) is 1. The second-order valence-electron chi connectivity index (χ2n) is 4.90. The normalized spacial score (nSPS) is 17.6. The molecule has 2 rings (SSSR count). The van der Waals surface area contributed by atoms with Crippen LogP contribution < -0.4 is 5.32 Å². The number of carbonyl (C=O) groups excluding carboxylic acids is 1. The second kappa shape index (κ2) is 6.68. The molecule has 0 spiro atoms. The number of amides is 1. The van der Waals surface area contributed by atoms with Crippen molar-refractivity contribution >= 4 is 5.91 Å². The molecule has 6 nitrogen and oxygen atoms in total. The molecule has 0 bridgehead atoms. The van der Waals surface area contributed by atoms with Crippen molar-refractivity contribution in [1.29, 1.82) is 0 Å². The standard InChI is InChI=1S/C13H22N4O2/c1-14-13(18)9-16-6-4-12(5-7-16)17-8-3-11(15-17)10-19-2/h3,8,12H,4-7,9-10H2,1-2H3,(H,14,18). The molecule has 2 heterocycles. The second-order valence-corrected chi connectivity index (χ2v) is 4.90. The van der Waals surface area contributed by atoms with Gasteiger partial charge in [0.2, 0.25) is 5.91 Å². The molecular formula is C13H22N4O2. The van der Waals surface area contributed by atoms with Crippen LogP contribution in [0.3, 0.4) is 0 Å². The van der Waals surface area contributed by atoms with Crippen molar-refractivity contribution in [3.63, 3.8) is 0 Å². The molecule has 106 valence electrons. The highest BCUT2D eigenvalue weighted by Gasteiger charge is 2.22. The van der Waals surface area contributed by atoms with E-state index >= 15 is 0 Å². The number of nitrogens with zero attached hydrogens (tertiary/aromatic N) is 3. The molecule has 0 aromatic carbocycles. The van der Waals surface area contributed by atoms with Gasteiger partial charge in [-0.2, -0.15) is 5.10 Å². The Morgan fingerprint density at radius 3 is 2.89 bits per heavy atom. The highest BCUT2D eigenvalue weighted by Crippen LogP contribution is 2.21. The van der Waals surface area contributed by atoms with Gasteiger partial charge in [0.15, 0.2) is 0 Å². The molecule has 0 unspecified atom stereocenters. The molecule has 1 aromatic rings. The van der Waals surface area contributed by atoms with E-state index in [2.05, 4.69) is 15.3 Å². The summed E-state index contributed by atoms with van der Waals surface area (Å²) in [6, 6.07) is 2.44. The number of piperidine rings is 1. The van der Waals surface area contributed by atoms with Crippen molar-refractivity contribution in [3.05, 3.63) is 18.0 Å². The fourth-order valence-electron chi connectivity index (χ4n) is 2.43. The third kappa shape index (κ3) is 3.78. The first-order valence-corrected chi connectivity index (χ1v) is 6.69. The largest absolute Gasteiger partial charge is 0.378 e.